The summed E-state index contributed by atoms with van der Waals surface area (Å²) in [4.78, 5) is 49.6. The number of hydrazine groups is 1. The van der Waals surface area contributed by atoms with E-state index in [0.29, 0.717) is 35.7 Å². The highest BCUT2D eigenvalue weighted by Gasteiger charge is 2.54. The van der Waals surface area contributed by atoms with E-state index in [4.69, 9.17) is 16.3 Å². The Labute approximate surface area is 172 Å². The summed E-state index contributed by atoms with van der Waals surface area (Å²) in [6, 6.07) is 6.29. The van der Waals surface area contributed by atoms with Crippen molar-refractivity contribution < 1.29 is 23.9 Å². The number of amides is 4. The van der Waals surface area contributed by atoms with E-state index < -0.39 is 41.4 Å². The van der Waals surface area contributed by atoms with E-state index in [1.807, 2.05) is 0 Å². The van der Waals surface area contributed by atoms with Crippen LogP contribution in [0.15, 0.2) is 24.3 Å². The molecule has 8 nitrogen and oxygen atoms in total. The molecule has 1 aromatic rings. The summed E-state index contributed by atoms with van der Waals surface area (Å²) in [7, 11) is 0. The number of esters is 1. The Morgan fingerprint density at radius 3 is 2.34 bits per heavy atom. The maximum Gasteiger partial charge on any atom is 0.344 e. The summed E-state index contributed by atoms with van der Waals surface area (Å²) in [6.45, 7) is -0.571. The molecule has 0 unspecified atom stereocenters. The number of carbonyl (C=O) groups is 4. The molecule has 0 atom stereocenters. The van der Waals surface area contributed by atoms with Crippen molar-refractivity contribution in [3.8, 4) is 0 Å². The zero-order chi connectivity index (χ0) is 20.6. The Morgan fingerprint density at radius 2 is 1.72 bits per heavy atom. The summed E-state index contributed by atoms with van der Waals surface area (Å²) in [6.07, 6.45) is 5.08. The van der Waals surface area contributed by atoms with Gasteiger partial charge in [0, 0.05) is 5.02 Å². The predicted molar refractivity (Wildman–Crippen MR) is 103 cm³/mol. The van der Waals surface area contributed by atoms with E-state index in [1.54, 1.807) is 24.3 Å². The molecule has 3 aliphatic rings. The van der Waals surface area contributed by atoms with Gasteiger partial charge in [0.15, 0.2) is 6.61 Å². The molecule has 1 aromatic carbocycles. The van der Waals surface area contributed by atoms with Crippen molar-refractivity contribution in [3.05, 3.63) is 34.9 Å². The second kappa shape index (κ2) is 7.33. The van der Waals surface area contributed by atoms with E-state index in [2.05, 4.69) is 10.7 Å². The number of hydrogen-bond acceptors (Lipinski definition) is 5. The molecule has 4 amide bonds. The molecule has 1 spiro atoms. The summed E-state index contributed by atoms with van der Waals surface area (Å²) in [5.74, 6) is -1.70. The van der Waals surface area contributed by atoms with Gasteiger partial charge in [-0.15, -0.1) is 0 Å². The third kappa shape index (κ3) is 3.57. The molecule has 29 heavy (non-hydrogen) atoms. The number of rotatable bonds is 5. The molecule has 4 rings (SSSR count). The molecule has 0 aromatic heterocycles. The second-order valence-electron chi connectivity index (χ2n) is 7.91. The molecule has 2 saturated carbocycles. The molecule has 154 valence electrons. The first-order chi connectivity index (χ1) is 13.9. The highest BCUT2D eigenvalue weighted by Crippen LogP contribution is 2.49. The zero-order valence-electron chi connectivity index (χ0n) is 15.8. The van der Waals surface area contributed by atoms with E-state index in [-0.39, 0.29) is 0 Å². The molecule has 0 radical (unpaired) electrons. The average Bonchev–Trinajstić information content (AvgIpc) is 3.49. The third-order valence-electron chi connectivity index (χ3n) is 5.98. The minimum absolute atomic E-state index is 0.457. The van der Waals surface area contributed by atoms with Gasteiger partial charge >= 0.3 is 12.0 Å². The number of hydrogen-bond donors (Lipinski definition) is 2. The summed E-state index contributed by atoms with van der Waals surface area (Å²) < 4.78 is 5.18. The normalized spacial score (nSPS) is 21.6. The molecule has 9 heteroatoms. The monoisotopic (exact) mass is 419 g/mol. The van der Waals surface area contributed by atoms with Crippen LogP contribution < -0.4 is 10.7 Å². The molecule has 3 fully saturated rings. The van der Waals surface area contributed by atoms with Gasteiger partial charge in [0.05, 0.1) is 5.41 Å². The molecule has 1 saturated heterocycles. The lowest BCUT2D eigenvalue weighted by atomic mass is 9.82. The first kappa shape index (κ1) is 19.7. The van der Waals surface area contributed by atoms with E-state index in [0.717, 1.165) is 24.8 Å². The van der Waals surface area contributed by atoms with Gasteiger partial charge in [-0.3, -0.25) is 19.8 Å². The first-order valence-corrected chi connectivity index (χ1v) is 10.1. The Morgan fingerprint density at radius 1 is 1.07 bits per heavy atom. The number of carbonyl (C=O) groups excluding carboxylic acids is 4. The number of nitrogens with zero attached hydrogens (tertiary/aromatic N) is 1. The van der Waals surface area contributed by atoms with E-state index in [9.17, 15) is 19.2 Å². The van der Waals surface area contributed by atoms with E-state index >= 15 is 0 Å². The van der Waals surface area contributed by atoms with Crippen molar-refractivity contribution in [1.29, 1.82) is 0 Å². The minimum Gasteiger partial charge on any atom is -0.455 e. The first-order valence-electron chi connectivity index (χ1n) is 9.76. The van der Waals surface area contributed by atoms with Crippen molar-refractivity contribution in [2.75, 3.05) is 6.61 Å². The van der Waals surface area contributed by atoms with Crippen LogP contribution in [0.3, 0.4) is 0 Å². The summed E-state index contributed by atoms with van der Waals surface area (Å²) in [5.41, 5.74) is 1.38. The lowest BCUT2D eigenvalue weighted by molar-refractivity contribution is -0.153. The number of nitrogens with one attached hydrogen (secondary N) is 2. The van der Waals surface area contributed by atoms with Gasteiger partial charge in [-0.2, -0.15) is 5.01 Å². The fourth-order valence-electron chi connectivity index (χ4n) is 4.15. The topological polar surface area (TPSA) is 105 Å². The van der Waals surface area contributed by atoms with Crippen LogP contribution in [-0.4, -0.2) is 41.0 Å². The maximum atomic E-state index is 12.7. The van der Waals surface area contributed by atoms with Crippen LogP contribution in [0, 0.1) is 0 Å². The number of urea groups is 1. The minimum atomic E-state index is -0.925. The third-order valence-corrected chi connectivity index (χ3v) is 6.23. The van der Waals surface area contributed by atoms with Crippen molar-refractivity contribution in [2.24, 2.45) is 0 Å². The largest absolute Gasteiger partial charge is 0.455 e. The lowest BCUT2D eigenvalue weighted by Gasteiger charge is -2.30. The van der Waals surface area contributed by atoms with Crippen LogP contribution in [0.4, 0.5) is 4.79 Å². The number of benzene rings is 1. The average molecular weight is 420 g/mol. The van der Waals surface area contributed by atoms with Gasteiger partial charge in [-0.05, 0) is 43.4 Å². The summed E-state index contributed by atoms with van der Waals surface area (Å²) >= 11 is 5.89. The Balaban J connectivity index is 1.33. The van der Waals surface area contributed by atoms with Crippen LogP contribution in [-0.2, 0) is 24.5 Å². The fourth-order valence-corrected chi connectivity index (χ4v) is 4.27. The quantitative estimate of drug-likeness (QED) is 0.562. The smallest absolute Gasteiger partial charge is 0.344 e. The molecule has 2 aliphatic carbocycles. The van der Waals surface area contributed by atoms with Gasteiger partial charge in [0.1, 0.15) is 5.54 Å². The van der Waals surface area contributed by atoms with Crippen molar-refractivity contribution in [2.45, 2.75) is 55.9 Å². The van der Waals surface area contributed by atoms with Crippen molar-refractivity contribution >= 4 is 35.4 Å². The van der Waals surface area contributed by atoms with Gasteiger partial charge in [-0.1, -0.05) is 43.0 Å². The second-order valence-corrected chi connectivity index (χ2v) is 8.35. The Hall–Kier alpha value is -2.61. The molecule has 2 N–H and O–H groups in total. The van der Waals surface area contributed by atoms with Crippen LogP contribution in [0.2, 0.25) is 5.02 Å². The van der Waals surface area contributed by atoms with Gasteiger partial charge < -0.3 is 10.1 Å². The van der Waals surface area contributed by atoms with Gasteiger partial charge in [0.25, 0.3) is 11.8 Å². The molecular weight excluding hydrogens is 398 g/mol. The maximum absolute atomic E-state index is 12.7. The zero-order valence-corrected chi connectivity index (χ0v) is 16.6. The standard InChI is InChI=1S/C20H22ClN3O5/c21-14-6-4-13(5-7-14)19(10-11-19)17(27)29-12-15(25)23-24-16(26)20(22-18(24)28)8-2-1-3-9-20/h4-7H,1-3,8-12H2,(H,22,28)(H,23,25). The van der Waals surface area contributed by atoms with E-state index in [1.165, 1.54) is 0 Å². The van der Waals surface area contributed by atoms with Crippen molar-refractivity contribution in [3.63, 3.8) is 0 Å². The molecular formula is C20H22ClN3O5. The van der Waals surface area contributed by atoms with Crippen LogP contribution in [0.5, 0.6) is 0 Å². The Kier molecular flexibility index (Phi) is 4.98. The molecule has 1 heterocycles. The molecule has 1 aliphatic heterocycles. The number of halogens is 1. The predicted octanol–water partition coefficient (Wildman–Crippen LogP) is 2.20. The van der Waals surface area contributed by atoms with Crippen LogP contribution in [0.1, 0.15) is 50.5 Å². The highest BCUT2D eigenvalue weighted by atomic mass is 35.5. The van der Waals surface area contributed by atoms with Crippen LogP contribution in [0.25, 0.3) is 0 Å². The number of ether oxygens (including phenoxy) is 1. The van der Waals surface area contributed by atoms with Gasteiger partial charge in [0.2, 0.25) is 0 Å². The SMILES string of the molecule is O=C(COC(=O)C1(c2ccc(Cl)cc2)CC1)NN1C(=O)NC2(CCCCC2)C1=O. The Bertz CT molecular complexity index is 859. The summed E-state index contributed by atoms with van der Waals surface area (Å²) in [5, 5.41) is 3.98. The number of imide groups is 1. The van der Waals surface area contributed by atoms with Crippen LogP contribution >= 0.6 is 11.6 Å². The fraction of sp³-hybridized carbons (Fsp3) is 0.500. The van der Waals surface area contributed by atoms with Gasteiger partial charge in [-0.25, -0.2) is 4.79 Å². The van der Waals surface area contributed by atoms with Crippen molar-refractivity contribution in [1.82, 2.24) is 15.8 Å². The molecule has 0 bridgehead atoms. The highest BCUT2D eigenvalue weighted by molar-refractivity contribution is 6.30. The lowest BCUT2D eigenvalue weighted by Crippen LogP contribution is -2.51.